The van der Waals surface area contributed by atoms with Gasteiger partial charge in [0.25, 0.3) is 0 Å². The Morgan fingerprint density at radius 1 is 0.923 bits per heavy atom. The number of piperidine rings is 1. The Balaban J connectivity index is 1.61. The maximum atomic E-state index is 13.0. The van der Waals surface area contributed by atoms with Crippen molar-refractivity contribution in [2.45, 2.75) is 18.8 Å². The molecular weight excluding hydrogens is 360 g/mol. The fourth-order valence-corrected chi connectivity index (χ4v) is 4.63. The van der Waals surface area contributed by atoms with Gasteiger partial charge in [-0.2, -0.15) is 0 Å². The monoisotopic (exact) mass is 379 g/mol. The minimum atomic E-state index is -3.72. The molecule has 0 aliphatic carbocycles. The van der Waals surface area contributed by atoms with Crippen LogP contribution in [0.1, 0.15) is 34.7 Å². The molecule has 1 aliphatic heterocycles. The Kier molecular flexibility index (Phi) is 5.48. The van der Waals surface area contributed by atoms with Gasteiger partial charge in [-0.05, 0) is 60.7 Å². The van der Waals surface area contributed by atoms with Gasteiger partial charge in [0.05, 0.1) is 0 Å². The standard InChI is InChI=1S/C19H19F2NO3S/c20-17-5-1-14(2-6-17)15-9-11-22(12-10-15)26(24,25)13-19(23)16-3-7-18(21)8-4-16/h1-8,15H,9-13H2. The fraction of sp³-hybridized carbons (Fsp3) is 0.316. The number of carbonyl (C=O) groups is 1. The number of benzene rings is 2. The largest absolute Gasteiger partial charge is 0.293 e. The predicted molar refractivity (Wildman–Crippen MR) is 94.5 cm³/mol. The Labute approximate surface area is 151 Å². The smallest absolute Gasteiger partial charge is 0.221 e. The second-order valence-electron chi connectivity index (χ2n) is 6.41. The Bertz CT molecular complexity index is 872. The van der Waals surface area contributed by atoms with Crippen LogP contribution >= 0.6 is 0 Å². The predicted octanol–water partition coefficient (Wildman–Crippen LogP) is 3.36. The summed E-state index contributed by atoms with van der Waals surface area (Å²) in [5.41, 5.74) is 1.17. The molecule has 0 aromatic heterocycles. The van der Waals surface area contributed by atoms with Gasteiger partial charge in [0.2, 0.25) is 10.0 Å². The van der Waals surface area contributed by atoms with Gasteiger partial charge in [0.15, 0.2) is 5.78 Å². The van der Waals surface area contributed by atoms with Crippen LogP contribution in [-0.4, -0.2) is 37.3 Å². The highest BCUT2D eigenvalue weighted by atomic mass is 32.2. The van der Waals surface area contributed by atoms with Gasteiger partial charge in [0.1, 0.15) is 17.4 Å². The number of Topliss-reactive ketones (excluding diaryl/α,β-unsaturated/α-hetero) is 1. The van der Waals surface area contributed by atoms with Crippen LogP contribution in [0, 0.1) is 11.6 Å². The first-order chi connectivity index (χ1) is 12.3. The molecule has 0 saturated carbocycles. The van der Waals surface area contributed by atoms with Crippen LogP contribution in [0.15, 0.2) is 48.5 Å². The van der Waals surface area contributed by atoms with Crippen LogP contribution < -0.4 is 0 Å². The molecular formula is C19H19F2NO3S. The Hall–Kier alpha value is -2.12. The average molecular weight is 379 g/mol. The van der Waals surface area contributed by atoms with Gasteiger partial charge in [-0.1, -0.05) is 12.1 Å². The molecule has 0 radical (unpaired) electrons. The molecule has 0 N–H and O–H groups in total. The maximum absolute atomic E-state index is 13.0. The van der Waals surface area contributed by atoms with Crippen LogP contribution in [0.4, 0.5) is 8.78 Å². The summed E-state index contributed by atoms with van der Waals surface area (Å²) in [7, 11) is -3.72. The summed E-state index contributed by atoms with van der Waals surface area (Å²) in [6, 6.07) is 11.1. The summed E-state index contributed by atoms with van der Waals surface area (Å²) in [5.74, 6) is -1.78. The summed E-state index contributed by atoms with van der Waals surface area (Å²) >= 11 is 0. The lowest BCUT2D eigenvalue weighted by atomic mass is 9.90. The highest BCUT2D eigenvalue weighted by Gasteiger charge is 2.30. The van der Waals surface area contributed by atoms with Gasteiger partial charge >= 0.3 is 0 Å². The third-order valence-electron chi connectivity index (χ3n) is 4.67. The van der Waals surface area contributed by atoms with Crippen LogP contribution in [0.2, 0.25) is 0 Å². The number of ketones is 1. The van der Waals surface area contributed by atoms with E-state index in [1.807, 2.05) is 0 Å². The lowest BCUT2D eigenvalue weighted by Crippen LogP contribution is -2.40. The van der Waals surface area contributed by atoms with Crippen molar-refractivity contribution < 1.29 is 22.0 Å². The molecule has 0 amide bonds. The van der Waals surface area contributed by atoms with E-state index in [9.17, 15) is 22.0 Å². The number of carbonyl (C=O) groups excluding carboxylic acids is 1. The van der Waals surface area contributed by atoms with Gasteiger partial charge in [-0.15, -0.1) is 0 Å². The van der Waals surface area contributed by atoms with Crippen molar-refractivity contribution in [3.63, 3.8) is 0 Å². The molecule has 0 bridgehead atoms. The van der Waals surface area contributed by atoms with E-state index in [0.29, 0.717) is 25.9 Å². The zero-order chi connectivity index (χ0) is 18.7. The highest BCUT2D eigenvalue weighted by Crippen LogP contribution is 2.29. The molecule has 0 spiro atoms. The van der Waals surface area contributed by atoms with E-state index in [4.69, 9.17) is 0 Å². The first-order valence-electron chi connectivity index (χ1n) is 8.37. The average Bonchev–Trinajstić information content (AvgIpc) is 2.62. The minimum Gasteiger partial charge on any atom is -0.293 e. The molecule has 0 atom stereocenters. The highest BCUT2D eigenvalue weighted by molar-refractivity contribution is 7.89. The number of nitrogens with zero attached hydrogens (tertiary/aromatic N) is 1. The number of rotatable bonds is 5. The zero-order valence-electron chi connectivity index (χ0n) is 14.1. The molecule has 2 aromatic rings. The van der Waals surface area contributed by atoms with Crippen LogP contribution in [-0.2, 0) is 10.0 Å². The Morgan fingerprint density at radius 3 is 1.96 bits per heavy atom. The molecule has 1 fully saturated rings. The number of sulfonamides is 1. The summed E-state index contributed by atoms with van der Waals surface area (Å²) in [5, 5.41) is 0. The van der Waals surface area contributed by atoms with E-state index < -0.39 is 27.4 Å². The van der Waals surface area contributed by atoms with Crippen molar-refractivity contribution in [3.05, 3.63) is 71.3 Å². The van der Waals surface area contributed by atoms with E-state index in [2.05, 4.69) is 0 Å². The summed E-state index contributed by atoms with van der Waals surface area (Å²) in [4.78, 5) is 12.2. The number of hydrogen-bond acceptors (Lipinski definition) is 3. The molecule has 4 nitrogen and oxygen atoms in total. The molecule has 2 aromatic carbocycles. The van der Waals surface area contributed by atoms with E-state index in [0.717, 1.165) is 17.7 Å². The van der Waals surface area contributed by atoms with Crippen molar-refractivity contribution in [1.29, 1.82) is 0 Å². The molecule has 1 saturated heterocycles. The van der Waals surface area contributed by atoms with Gasteiger partial charge in [0, 0.05) is 18.7 Å². The third-order valence-corrected chi connectivity index (χ3v) is 6.45. The molecule has 3 rings (SSSR count). The van der Waals surface area contributed by atoms with Crippen LogP contribution in [0.25, 0.3) is 0 Å². The first kappa shape index (κ1) is 18.7. The van der Waals surface area contributed by atoms with Crippen molar-refractivity contribution >= 4 is 15.8 Å². The van der Waals surface area contributed by atoms with Crippen molar-refractivity contribution in [2.24, 2.45) is 0 Å². The summed E-state index contributed by atoms with van der Waals surface area (Å²) in [6.45, 7) is 0.641. The summed E-state index contributed by atoms with van der Waals surface area (Å²) in [6.07, 6.45) is 1.24. The zero-order valence-corrected chi connectivity index (χ0v) is 14.9. The minimum absolute atomic E-state index is 0.176. The van der Waals surface area contributed by atoms with Crippen molar-refractivity contribution in [2.75, 3.05) is 18.8 Å². The quantitative estimate of drug-likeness (QED) is 0.749. The van der Waals surface area contributed by atoms with Crippen LogP contribution in [0.5, 0.6) is 0 Å². The molecule has 1 heterocycles. The maximum Gasteiger partial charge on any atom is 0.221 e. The van der Waals surface area contributed by atoms with E-state index in [-0.39, 0.29) is 17.3 Å². The normalized spacial score (nSPS) is 16.5. The van der Waals surface area contributed by atoms with Gasteiger partial charge < -0.3 is 0 Å². The van der Waals surface area contributed by atoms with Crippen LogP contribution in [0.3, 0.4) is 0 Å². The topological polar surface area (TPSA) is 54.5 Å². The Morgan fingerprint density at radius 2 is 1.42 bits per heavy atom. The van der Waals surface area contributed by atoms with Gasteiger partial charge in [-0.3, -0.25) is 4.79 Å². The molecule has 0 unspecified atom stereocenters. The number of hydrogen-bond donors (Lipinski definition) is 0. The molecule has 1 aliphatic rings. The molecule has 138 valence electrons. The summed E-state index contributed by atoms with van der Waals surface area (Å²) < 4.78 is 52.3. The molecule has 26 heavy (non-hydrogen) atoms. The van der Waals surface area contributed by atoms with Crippen molar-refractivity contribution in [3.8, 4) is 0 Å². The number of halogens is 2. The second-order valence-corrected chi connectivity index (χ2v) is 8.38. The second kappa shape index (κ2) is 7.63. The third kappa shape index (κ3) is 4.34. The SMILES string of the molecule is O=C(CS(=O)(=O)N1CCC(c2ccc(F)cc2)CC1)c1ccc(F)cc1. The van der Waals surface area contributed by atoms with Crippen molar-refractivity contribution in [1.82, 2.24) is 4.31 Å². The van der Waals surface area contributed by atoms with E-state index in [1.54, 1.807) is 12.1 Å². The first-order valence-corrected chi connectivity index (χ1v) is 9.98. The lowest BCUT2D eigenvalue weighted by molar-refractivity contribution is 0.101. The van der Waals surface area contributed by atoms with E-state index >= 15 is 0 Å². The fourth-order valence-electron chi connectivity index (χ4n) is 3.18. The lowest BCUT2D eigenvalue weighted by Gasteiger charge is -2.31. The molecule has 7 heteroatoms. The van der Waals surface area contributed by atoms with Gasteiger partial charge in [-0.25, -0.2) is 21.5 Å². The van der Waals surface area contributed by atoms with E-state index in [1.165, 1.54) is 28.6 Å².